The fraction of sp³-hybridized carbons (Fsp3) is 0.455. The molecule has 1 aromatic heterocycles. The van der Waals surface area contributed by atoms with Crippen molar-refractivity contribution in [2.75, 3.05) is 25.6 Å². The van der Waals surface area contributed by atoms with E-state index in [1.807, 2.05) is 0 Å². The number of pyridine rings is 1. The van der Waals surface area contributed by atoms with Gasteiger partial charge in [0.15, 0.2) is 0 Å². The summed E-state index contributed by atoms with van der Waals surface area (Å²) in [6.07, 6.45) is 3.14. The largest absolute Gasteiger partial charge is 0.373 e. The van der Waals surface area contributed by atoms with Gasteiger partial charge in [0.25, 0.3) is 5.91 Å². The standard InChI is InChI=1S/C11H12BrClN2O2/c12-9-3-8(5-14-6-9)11(16)15-1-2-17-10(4-13)7-15/h3,5-6,10H,1-2,4,7H2. The maximum absolute atomic E-state index is 12.2. The van der Waals surface area contributed by atoms with Crippen molar-refractivity contribution in [1.29, 1.82) is 0 Å². The van der Waals surface area contributed by atoms with E-state index in [0.717, 1.165) is 4.47 Å². The number of aromatic nitrogens is 1. The zero-order valence-electron chi connectivity index (χ0n) is 9.10. The van der Waals surface area contributed by atoms with Gasteiger partial charge >= 0.3 is 0 Å². The van der Waals surface area contributed by atoms with Crippen LogP contribution in [0.15, 0.2) is 22.9 Å². The maximum atomic E-state index is 12.2. The Morgan fingerprint density at radius 1 is 1.65 bits per heavy atom. The minimum absolute atomic E-state index is 0.0304. The van der Waals surface area contributed by atoms with Crippen LogP contribution < -0.4 is 0 Å². The topological polar surface area (TPSA) is 42.4 Å². The first kappa shape index (κ1) is 12.8. The highest BCUT2D eigenvalue weighted by Gasteiger charge is 2.24. The van der Waals surface area contributed by atoms with Crippen molar-refractivity contribution in [3.8, 4) is 0 Å². The van der Waals surface area contributed by atoms with Crippen molar-refractivity contribution in [3.05, 3.63) is 28.5 Å². The van der Waals surface area contributed by atoms with Crippen molar-refractivity contribution < 1.29 is 9.53 Å². The molecule has 92 valence electrons. The summed E-state index contributed by atoms with van der Waals surface area (Å²) in [5.41, 5.74) is 0.578. The Kier molecular flexibility index (Phi) is 4.36. The maximum Gasteiger partial charge on any atom is 0.255 e. The molecule has 1 aliphatic rings. The van der Waals surface area contributed by atoms with Gasteiger partial charge in [-0.3, -0.25) is 9.78 Å². The molecule has 0 bridgehead atoms. The Bertz CT molecular complexity index is 416. The molecule has 17 heavy (non-hydrogen) atoms. The van der Waals surface area contributed by atoms with Gasteiger partial charge in [-0.05, 0) is 22.0 Å². The molecule has 1 unspecified atom stereocenters. The van der Waals surface area contributed by atoms with Gasteiger partial charge in [0.05, 0.1) is 24.2 Å². The number of nitrogens with zero attached hydrogens (tertiary/aromatic N) is 2. The SMILES string of the molecule is O=C(c1cncc(Br)c1)N1CCOC(CCl)C1. The van der Waals surface area contributed by atoms with Crippen molar-refractivity contribution >= 4 is 33.4 Å². The van der Waals surface area contributed by atoms with Gasteiger partial charge in [0.2, 0.25) is 0 Å². The van der Waals surface area contributed by atoms with Crippen LogP contribution in [0, 0.1) is 0 Å². The lowest BCUT2D eigenvalue weighted by Gasteiger charge is -2.32. The van der Waals surface area contributed by atoms with E-state index in [4.69, 9.17) is 16.3 Å². The molecule has 2 rings (SSSR count). The van der Waals surface area contributed by atoms with Crippen molar-refractivity contribution in [2.24, 2.45) is 0 Å². The lowest BCUT2D eigenvalue weighted by Crippen LogP contribution is -2.46. The summed E-state index contributed by atoms with van der Waals surface area (Å²) in [5.74, 6) is 0.373. The number of carbonyl (C=O) groups is 1. The predicted molar refractivity (Wildman–Crippen MR) is 68.3 cm³/mol. The second kappa shape index (κ2) is 5.80. The molecule has 2 heterocycles. The minimum atomic E-state index is -0.0746. The average molecular weight is 320 g/mol. The number of hydrogen-bond donors (Lipinski definition) is 0. The lowest BCUT2D eigenvalue weighted by molar-refractivity contribution is -0.0108. The number of rotatable bonds is 2. The normalized spacial score (nSPS) is 20.4. The van der Waals surface area contributed by atoms with E-state index in [0.29, 0.717) is 31.1 Å². The van der Waals surface area contributed by atoms with Crippen LogP contribution in [0.4, 0.5) is 0 Å². The number of carbonyl (C=O) groups excluding carboxylic acids is 1. The third-order valence-electron chi connectivity index (χ3n) is 2.55. The molecule has 1 aromatic rings. The summed E-state index contributed by atoms with van der Waals surface area (Å²) in [5, 5.41) is 0. The fourth-order valence-corrected chi connectivity index (χ4v) is 2.26. The van der Waals surface area contributed by atoms with Gasteiger partial charge in [0.1, 0.15) is 0 Å². The highest BCUT2D eigenvalue weighted by Crippen LogP contribution is 2.14. The van der Waals surface area contributed by atoms with E-state index in [-0.39, 0.29) is 12.0 Å². The molecule has 1 saturated heterocycles. The van der Waals surface area contributed by atoms with Crippen LogP contribution in [0.3, 0.4) is 0 Å². The van der Waals surface area contributed by atoms with Crippen LogP contribution in [0.2, 0.25) is 0 Å². The summed E-state index contributed by atoms with van der Waals surface area (Å²) >= 11 is 9.04. The molecule has 0 radical (unpaired) electrons. The number of morpholine rings is 1. The minimum Gasteiger partial charge on any atom is -0.373 e. The average Bonchev–Trinajstić information content (AvgIpc) is 2.38. The van der Waals surface area contributed by atoms with Gasteiger partial charge in [-0.15, -0.1) is 11.6 Å². The Labute approximate surface area is 113 Å². The van der Waals surface area contributed by atoms with E-state index in [9.17, 15) is 4.79 Å². The number of hydrogen-bond acceptors (Lipinski definition) is 3. The number of halogens is 2. The molecule has 4 nitrogen and oxygen atoms in total. The molecular formula is C11H12BrClN2O2. The quantitative estimate of drug-likeness (QED) is 0.782. The van der Waals surface area contributed by atoms with Crippen LogP contribution in [-0.2, 0) is 4.74 Å². The van der Waals surface area contributed by atoms with Crippen LogP contribution in [0.1, 0.15) is 10.4 Å². The molecule has 1 atom stereocenters. The summed E-state index contributed by atoms with van der Waals surface area (Å²) in [6.45, 7) is 1.66. The Morgan fingerprint density at radius 3 is 3.18 bits per heavy atom. The summed E-state index contributed by atoms with van der Waals surface area (Å²) < 4.78 is 6.21. The van der Waals surface area contributed by atoms with Crippen molar-refractivity contribution in [1.82, 2.24) is 9.88 Å². The molecule has 6 heteroatoms. The molecule has 0 aliphatic carbocycles. The predicted octanol–water partition coefficient (Wildman–Crippen LogP) is 1.92. The zero-order chi connectivity index (χ0) is 12.3. The molecule has 0 saturated carbocycles. The van der Waals surface area contributed by atoms with Crippen LogP contribution in [-0.4, -0.2) is 47.5 Å². The van der Waals surface area contributed by atoms with E-state index < -0.39 is 0 Å². The first-order valence-corrected chi connectivity index (χ1v) is 6.61. The van der Waals surface area contributed by atoms with Crippen molar-refractivity contribution in [3.63, 3.8) is 0 Å². The third kappa shape index (κ3) is 3.18. The van der Waals surface area contributed by atoms with Crippen LogP contribution in [0.5, 0.6) is 0 Å². The van der Waals surface area contributed by atoms with Crippen molar-refractivity contribution in [2.45, 2.75) is 6.10 Å². The van der Waals surface area contributed by atoms with Gasteiger partial charge in [-0.1, -0.05) is 0 Å². The number of ether oxygens (including phenoxy) is 1. The summed E-state index contributed by atoms with van der Waals surface area (Å²) in [6, 6.07) is 1.76. The van der Waals surface area contributed by atoms with E-state index in [1.54, 1.807) is 23.4 Å². The van der Waals surface area contributed by atoms with Crippen LogP contribution >= 0.6 is 27.5 Å². The Morgan fingerprint density at radius 2 is 2.47 bits per heavy atom. The first-order valence-electron chi connectivity index (χ1n) is 5.28. The molecular weight excluding hydrogens is 307 g/mol. The monoisotopic (exact) mass is 318 g/mol. The lowest BCUT2D eigenvalue weighted by atomic mass is 10.2. The van der Waals surface area contributed by atoms with Gasteiger partial charge < -0.3 is 9.64 Å². The highest BCUT2D eigenvalue weighted by atomic mass is 79.9. The molecule has 1 amide bonds. The Balaban J connectivity index is 2.09. The second-order valence-corrected chi connectivity index (χ2v) is 5.01. The Hall–Kier alpha value is -0.650. The zero-order valence-corrected chi connectivity index (χ0v) is 11.4. The molecule has 1 fully saturated rings. The van der Waals surface area contributed by atoms with Gasteiger partial charge in [0, 0.05) is 30.0 Å². The highest BCUT2D eigenvalue weighted by molar-refractivity contribution is 9.10. The second-order valence-electron chi connectivity index (χ2n) is 3.79. The smallest absolute Gasteiger partial charge is 0.255 e. The number of amides is 1. The van der Waals surface area contributed by atoms with Gasteiger partial charge in [-0.2, -0.15) is 0 Å². The summed E-state index contributed by atoms with van der Waals surface area (Å²) in [4.78, 5) is 17.9. The molecule has 0 aromatic carbocycles. The third-order valence-corrected chi connectivity index (χ3v) is 3.33. The van der Waals surface area contributed by atoms with E-state index >= 15 is 0 Å². The van der Waals surface area contributed by atoms with Crippen LogP contribution in [0.25, 0.3) is 0 Å². The first-order chi connectivity index (χ1) is 8.20. The molecule has 1 aliphatic heterocycles. The van der Waals surface area contributed by atoms with E-state index in [2.05, 4.69) is 20.9 Å². The number of alkyl halides is 1. The molecule has 0 spiro atoms. The molecule has 0 N–H and O–H groups in total. The summed E-state index contributed by atoms with van der Waals surface area (Å²) in [7, 11) is 0. The van der Waals surface area contributed by atoms with Gasteiger partial charge in [-0.25, -0.2) is 0 Å². The van der Waals surface area contributed by atoms with E-state index in [1.165, 1.54) is 0 Å². The fourth-order valence-electron chi connectivity index (χ4n) is 1.71.